The molecule has 0 bridgehead atoms. The maximum absolute atomic E-state index is 2.19. The molecule has 0 saturated carbocycles. The maximum Gasteiger partial charge on any atom is -0.0133 e. The molecule has 63 valence electrons. The van der Waals surface area contributed by atoms with E-state index in [-0.39, 0.29) is 0 Å². The van der Waals surface area contributed by atoms with Crippen molar-refractivity contribution in [3.8, 4) is 0 Å². The van der Waals surface area contributed by atoms with Gasteiger partial charge in [0.1, 0.15) is 0 Å². The van der Waals surface area contributed by atoms with E-state index in [0.717, 1.165) is 19.3 Å². The van der Waals surface area contributed by atoms with E-state index < -0.39 is 0 Å². The van der Waals surface area contributed by atoms with Gasteiger partial charge in [0.15, 0.2) is 0 Å². The molecule has 1 aliphatic carbocycles. The summed E-state index contributed by atoms with van der Waals surface area (Å²) in [5.41, 5.74) is 0. The van der Waals surface area contributed by atoms with Crippen LogP contribution in [-0.2, 0) is 0 Å². The zero-order valence-electron chi connectivity index (χ0n) is 7.32. The molecule has 0 unspecified atom stereocenters. The first kappa shape index (κ1) is 9.05. The van der Waals surface area contributed by atoms with Crippen LogP contribution in [0.15, 0.2) is 48.6 Å². The van der Waals surface area contributed by atoms with Gasteiger partial charge in [-0.05, 0) is 25.7 Å². The molecule has 0 saturated heterocycles. The molecule has 0 N–H and O–H groups in total. The first-order chi connectivity index (χ1) is 6.00. The molecule has 0 heterocycles. The minimum atomic E-state index is 1.03. The highest BCUT2D eigenvalue weighted by Gasteiger charge is 1.78. The molecular weight excluding hydrogens is 144 g/mol. The average molecular weight is 159 g/mol. The van der Waals surface area contributed by atoms with Crippen molar-refractivity contribution in [2.24, 2.45) is 0 Å². The van der Waals surface area contributed by atoms with Gasteiger partial charge in [-0.1, -0.05) is 48.6 Å². The number of hydrogen-bond donors (Lipinski definition) is 0. The third-order valence-electron chi connectivity index (χ3n) is 1.64. The van der Waals surface area contributed by atoms with Crippen LogP contribution in [0, 0.1) is 6.42 Å². The Morgan fingerprint density at radius 1 is 0.500 bits per heavy atom. The van der Waals surface area contributed by atoms with E-state index in [1.165, 1.54) is 0 Å². The summed E-state index contributed by atoms with van der Waals surface area (Å²) in [6.07, 6.45) is 22.5. The second-order valence-electron chi connectivity index (χ2n) is 2.70. The Balaban J connectivity index is 2.41. The summed E-state index contributed by atoms with van der Waals surface area (Å²) in [5, 5.41) is 0. The van der Waals surface area contributed by atoms with Crippen LogP contribution in [0.4, 0.5) is 0 Å². The van der Waals surface area contributed by atoms with Crippen LogP contribution < -0.4 is 0 Å². The molecule has 1 aliphatic rings. The zero-order valence-corrected chi connectivity index (χ0v) is 7.32. The average Bonchev–Trinajstić information content (AvgIpc) is 2.05. The Hall–Kier alpha value is -1.04. The summed E-state index contributed by atoms with van der Waals surface area (Å²) in [7, 11) is 0. The summed E-state index contributed by atoms with van der Waals surface area (Å²) < 4.78 is 0. The topological polar surface area (TPSA) is 0 Å². The lowest BCUT2D eigenvalue weighted by atomic mass is 10.2. The van der Waals surface area contributed by atoms with Gasteiger partial charge < -0.3 is 0 Å². The number of allylic oxidation sites excluding steroid dienone is 8. The van der Waals surface area contributed by atoms with Gasteiger partial charge in [0.25, 0.3) is 0 Å². The second kappa shape index (κ2) is 6.66. The summed E-state index contributed by atoms with van der Waals surface area (Å²) in [6.45, 7) is 0. The van der Waals surface area contributed by atoms with Gasteiger partial charge in [-0.15, -0.1) is 0 Å². The van der Waals surface area contributed by atoms with Crippen LogP contribution in [-0.4, -0.2) is 0 Å². The third kappa shape index (κ3) is 4.73. The van der Waals surface area contributed by atoms with E-state index in [4.69, 9.17) is 0 Å². The fourth-order valence-electron chi connectivity index (χ4n) is 0.996. The van der Waals surface area contributed by atoms with Crippen LogP contribution in [0.25, 0.3) is 0 Å². The van der Waals surface area contributed by atoms with Gasteiger partial charge in [0.05, 0.1) is 0 Å². The monoisotopic (exact) mass is 159 g/mol. The molecule has 0 aromatic rings. The van der Waals surface area contributed by atoms with Crippen molar-refractivity contribution >= 4 is 0 Å². The predicted molar refractivity (Wildman–Crippen MR) is 54.7 cm³/mol. The minimum absolute atomic E-state index is 1.03. The van der Waals surface area contributed by atoms with Crippen LogP contribution in [0.5, 0.6) is 0 Å². The van der Waals surface area contributed by atoms with Crippen molar-refractivity contribution in [3.05, 3.63) is 55.0 Å². The van der Waals surface area contributed by atoms with E-state index in [1.54, 1.807) is 0 Å². The normalized spacial score (nSPS) is 29.3. The molecule has 0 atom stereocenters. The molecule has 12 heavy (non-hydrogen) atoms. The van der Waals surface area contributed by atoms with Crippen LogP contribution in [0.1, 0.15) is 19.3 Å². The zero-order chi connectivity index (χ0) is 8.49. The lowest BCUT2D eigenvalue weighted by Gasteiger charge is -1.87. The van der Waals surface area contributed by atoms with Crippen LogP contribution in [0.3, 0.4) is 0 Å². The molecule has 0 aromatic carbocycles. The second-order valence-corrected chi connectivity index (χ2v) is 2.70. The molecule has 0 fully saturated rings. The van der Waals surface area contributed by atoms with Gasteiger partial charge in [0, 0.05) is 0 Å². The lowest BCUT2D eigenvalue weighted by Crippen LogP contribution is -1.68. The maximum atomic E-state index is 2.19. The molecule has 0 heteroatoms. The highest BCUT2D eigenvalue weighted by Crippen LogP contribution is 1.97. The van der Waals surface area contributed by atoms with E-state index in [2.05, 4.69) is 55.0 Å². The molecule has 0 nitrogen and oxygen atoms in total. The lowest BCUT2D eigenvalue weighted by molar-refractivity contribution is 1.25. The highest BCUT2D eigenvalue weighted by molar-refractivity contribution is 5.10. The van der Waals surface area contributed by atoms with Crippen molar-refractivity contribution in [1.82, 2.24) is 0 Å². The Morgan fingerprint density at radius 2 is 1.08 bits per heavy atom. The van der Waals surface area contributed by atoms with E-state index >= 15 is 0 Å². The van der Waals surface area contributed by atoms with Crippen LogP contribution >= 0.6 is 0 Å². The smallest absolute Gasteiger partial charge is 0.0133 e. The van der Waals surface area contributed by atoms with Gasteiger partial charge in [0.2, 0.25) is 0 Å². The molecule has 0 amide bonds. The summed E-state index contributed by atoms with van der Waals surface area (Å²) >= 11 is 0. The van der Waals surface area contributed by atoms with Crippen molar-refractivity contribution < 1.29 is 0 Å². The molecule has 1 rings (SSSR count). The first-order valence-corrected chi connectivity index (χ1v) is 4.45. The Bertz CT molecular complexity index is 204. The predicted octanol–water partition coefficient (Wildman–Crippen LogP) is 3.60. The van der Waals surface area contributed by atoms with Crippen molar-refractivity contribution in [2.75, 3.05) is 0 Å². The Morgan fingerprint density at radius 3 is 1.83 bits per heavy atom. The molecule has 0 spiro atoms. The summed E-state index contributed by atoms with van der Waals surface area (Å²) in [4.78, 5) is 0. The minimum Gasteiger partial charge on any atom is -0.0844 e. The van der Waals surface area contributed by atoms with E-state index in [0.29, 0.717) is 0 Å². The molecule has 1 radical (unpaired) electrons. The largest absolute Gasteiger partial charge is 0.0844 e. The van der Waals surface area contributed by atoms with Gasteiger partial charge in [-0.25, -0.2) is 0 Å². The Kier molecular flexibility index (Phi) is 5.02. The molecular formula is C12H15. The van der Waals surface area contributed by atoms with Gasteiger partial charge in [-0.2, -0.15) is 0 Å². The van der Waals surface area contributed by atoms with Crippen LogP contribution in [0.2, 0.25) is 0 Å². The quantitative estimate of drug-likeness (QED) is 0.474. The standard InChI is InChI=1S/C12H15/c1-2-4-6-8-10-12-11-9-7-5-3-1/h1-4,7-11H,5-6,12H2/b3-1+,4-2-,10-8+,11-9+. The molecule has 0 aromatic heterocycles. The van der Waals surface area contributed by atoms with Crippen molar-refractivity contribution in [1.29, 1.82) is 0 Å². The molecule has 0 aliphatic heterocycles. The summed E-state index contributed by atoms with van der Waals surface area (Å²) in [6, 6.07) is 0. The first-order valence-electron chi connectivity index (χ1n) is 4.45. The summed E-state index contributed by atoms with van der Waals surface area (Å²) in [5.74, 6) is 0. The van der Waals surface area contributed by atoms with E-state index in [9.17, 15) is 0 Å². The number of rotatable bonds is 0. The third-order valence-corrected chi connectivity index (χ3v) is 1.64. The number of hydrogen-bond acceptors (Lipinski definition) is 0. The van der Waals surface area contributed by atoms with Gasteiger partial charge in [-0.3, -0.25) is 0 Å². The van der Waals surface area contributed by atoms with Crippen molar-refractivity contribution in [3.63, 3.8) is 0 Å². The fourth-order valence-corrected chi connectivity index (χ4v) is 0.996. The van der Waals surface area contributed by atoms with E-state index in [1.807, 2.05) is 0 Å². The highest BCUT2D eigenvalue weighted by atomic mass is 13.8. The SMILES string of the molecule is [CH]1/C=C/C/C=C/C/C=C\C=C\C1. The fraction of sp³-hybridized carbons (Fsp3) is 0.250. The van der Waals surface area contributed by atoms with Crippen molar-refractivity contribution in [2.45, 2.75) is 19.3 Å². The Labute approximate surface area is 75.0 Å². The van der Waals surface area contributed by atoms with Gasteiger partial charge >= 0.3 is 0 Å².